The van der Waals surface area contributed by atoms with Crippen LogP contribution in [0.2, 0.25) is 15.1 Å². The van der Waals surface area contributed by atoms with Crippen LogP contribution in [-0.2, 0) is 0 Å². The third-order valence-corrected chi connectivity index (χ3v) is 6.71. The minimum Gasteiger partial charge on any atom is -0.450 e. The quantitative estimate of drug-likeness (QED) is 0.459. The first-order valence-corrected chi connectivity index (χ1v) is 11.2. The predicted molar refractivity (Wildman–Crippen MR) is 125 cm³/mol. The number of likely N-dealkylation sites (N-methyl/N-ethyl adjacent to an activating group) is 1. The van der Waals surface area contributed by atoms with Crippen molar-refractivity contribution in [3.63, 3.8) is 0 Å². The van der Waals surface area contributed by atoms with Crippen molar-refractivity contribution in [2.24, 2.45) is 0 Å². The summed E-state index contributed by atoms with van der Waals surface area (Å²) in [5, 5.41) is 1.53. The van der Waals surface area contributed by atoms with Gasteiger partial charge in [0.2, 0.25) is 5.76 Å². The van der Waals surface area contributed by atoms with Gasteiger partial charge in [0.1, 0.15) is 5.58 Å². The van der Waals surface area contributed by atoms with E-state index in [-0.39, 0.29) is 17.1 Å². The fraction of sp³-hybridized carbons (Fsp3) is 0.304. The number of benzene rings is 2. The van der Waals surface area contributed by atoms with Crippen molar-refractivity contribution in [3.05, 3.63) is 78.6 Å². The lowest BCUT2D eigenvalue weighted by molar-refractivity contribution is 0.0708. The molecule has 0 fully saturated rings. The van der Waals surface area contributed by atoms with Gasteiger partial charge in [-0.1, -0.05) is 54.7 Å². The molecule has 162 valence electrons. The molecule has 3 aromatic rings. The van der Waals surface area contributed by atoms with Gasteiger partial charge in [0.05, 0.1) is 27.0 Å². The SMILES string of the molecule is CCN(CC)CCN1C(=O)c2oc3ccc(Cl)cc3c(=O)c2C1c1ccc(Cl)c(Cl)c1. The van der Waals surface area contributed by atoms with Crippen molar-refractivity contribution in [2.45, 2.75) is 19.9 Å². The molecule has 4 rings (SSSR count). The highest BCUT2D eigenvalue weighted by Gasteiger charge is 2.42. The second-order valence-corrected chi connectivity index (χ2v) is 8.67. The van der Waals surface area contributed by atoms with Crippen molar-refractivity contribution >= 4 is 51.7 Å². The average molecular weight is 480 g/mol. The Morgan fingerprint density at radius 3 is 2.42 bits per heavy atom. The van der Waals surface area contributed by atoms with E-state index in [4.69, 9.17) is 39.2 Å². The second kappa shape index (κ2) is 8.83. The first-order chi connectivity index (χ1) is 14.8. The van der Waals surface area contributed by atoms with Crippen LogP contribution in [0.1, 0.15) is 41.6 Å². The zero-order valence-corrected chi connectivity index (χ0v) is 19.4. The van der Waals surface area contributed by atoms with E-state index in [9.17, 15) is 9.59 Å². The first kappa shape index (κ1) is 22.2. The molecule has 0 radical (unpaired) electrons. The molecule has 8 heteroatoms. The zero-order valence-electron chi connectivity index (χ0n) is 17.1. The molecule has 1 aliphatic rings. The van der Waals surface area contributed by atoms with Gasteiger partial charge in [-0.2, -0.15) is 0 Å². The third kappa shape index (κ3) is 3.96. The molecule has 0 bridgehead atoms. The normalized spacial score (nSPS) is 15.9. The van der Waals surface area contributed by atoms with E-state index in [1.165, 1.54) is 0 Å². The first-order valence-electron chi connectivity index (χ1n) is 10.1. The average Bonchev–Trinajstić information content (AvgIpc) is 3.03. The van der Waals surface area contributed by atoms with Crippen molar-refractivity contribution in [3.8, 4) is 0 Å². The van der Waals surface area contributed by atoms with Crippen LogP contribution in [0.4, 0.5) is 0 Å². The summed E-state index contributed by atoms with van der Waals surface area (Å²) in [5.74, 6) is -0.248. The van der Waals surface area contributed by atoms with E-state index in [0.717, 1.165) is 13.1 Å². The maximum atomic E-state index is 13.5. The fourth-order valence-corrected chi connectivity index (χ4v) is 4.52. The highest BCUT2D eigenvalue weighted by molar-refractivity contribution is 6.42. The molecule has 0 saturated heterocycles. The van der Waals surface area contributed by atoms with Crippen LogP contribution in [-0.4, -0.2) is 41.9 Å². The topological polar surface area (TPSA) is 53.8 Å². The molecule has 2 heterocycles. The van der Waals surface area contributed by atoms with Gasteiger partial charge in [-0.3, -0.25) is 9.59 Å². The van der Waals surface area contributed by atoms with Crippen LogP contribution in [0.5, 0.6) is 0 Å². The molecule has 31 heavy (non-hydrogen) atoms. The molecule has 1 aliphatic heterocycles. The fourth-order valence-electron chi connectivity index (χ4n) is 4.04. The van der Waals surface area contributed by atoms with Gasteiger partial charge in [0.15, 0.2) is 5.43 Å². The minimum absolute atomic E-state index is 0.0652. The van der Waals surface area contributed by atoms with Crippen molar-refractivity contribution < 1.29 is 9.21 Å². The Morgan fingerprint density at radius 2 is 1.74 bits per heavy atom. The van der Waals surface area contributed by atoms with Gasteiger partial charge in [-0.05, 0) is 49.0 Å². The molecule has 2 aromatic carbocycles. The number of hydrogen-bond acceptors (Lipinski definition) is 4. The lowest BCUT2D eigenvalue weighted by Crippen LogP contribution is -2.37. The van der Waals surface area contributed by atoms with Gasteiger partial charge in [0.25, 0.3) is 5.91 Å². The van der Waals surface area contributed by atoms with Crippen molar-refractivity contribution in [1.82, 2.24) is 9.80 Å². The molecule has 5 nitrogen and oxygen atoms in total. The molecule has 1 aromatic heterocycles. The molecule has 1 unspecified atom stereocenters. The Bertz CT molecular complexity index is 1220. The standard InChI is InChI=1S/C23H21Cl3N2O3/c1-3-27(4-2)9-10-28-20(13-5-7-16(25)17(26)11-13)19-21(29)15-12-14(24)6-8-18(15)31-22(19)23(28)30/h5-8,11-12,20H,3-4,9-10H2,1-2H3. The van der Waals surface area contributed by atoms with E-state index in [1.54, 1.807) is 41.3 Å². The largest absolute Gasteiger partial charge is 0.450 e. The monoisotopic (exact) mass is 478 g/mol. The molecule has 0 aliphatic carbocycles. The van der Waals surface area contributed by atoms with Crippen LogP contribution in [0.15, 0.2) is 45.6 Å². The summed E-state index contributed by atoms with van der Waals surface area (Å²) < 4.78 is 5.93. The summed E-state index contributed by atoms with van der Waals surface area (Å²) >= 11 is 18.5. The van der Waals surface area contributed by atoms with Crippen LogP contribution in [0.25, 0.3) is 11.0 Å². The van der Waals surface area contributed by atoms with Crippen molar-refractivity contribution in [2.75, 3.05) is 26.2 Å². The number of nitrogens with zero attached hydrogens (tertiary/aromatic N) is 2. The number of carbonyl (C=O) groups excluding carboxylic acids is 1. The predicted octanol–water partition coefficient (Wildman–Crippen LogP) is 5.64. The molecular formula is C23H21Cl3N2O3. The lowest BCUT2D eigenvalue weighted by Gasteiger charge is -2.28. The summed E-state index contributed by atoms with van der Waals surface area (Å²) in [7, 11) is 0. The Labute approximate surface area is 195 Å². The van der Waals surface area contributed by atoms with Gasteiger partial charge >= 0.3 is 0 Å². The third-order valence-electron chi connectivity index (χ3n) is 5.74. The molecule has 0 spiro atoms. The molecular weight excluding hydrogens is 459 g/mol. The molecule has 0 saturated carbocycles. The maximum Gasteiger partial charge on any atom is 0.290 e. The van der Waals surface area contributed by atoms with E-state index in [1.807, 2.05) is 0 Å². The minimum atomic E-state index is -0.618. The maximum absolute atomic E-state index is 13.5. The van der Waals surface area contributed by atoms with Gasteiger partial charge < -0.3 is 14.2 Å². The summed E-state index contributed by atoms with van der Waals surface area (Å²) in [6.45, 7) is 6.98. The number of fused-ring (bicyclic) bond motifs is 2. The van der Waals surface area contributed by atoms with Crippen LogP contribution >= 0.6 is 34.8 Å². The molecule has 1 atom stereocenters. The van der Waals surface area contributed by atoms with E-state index < -0.39 is 6.04 Å². The van der Waals surface area contributed by atoms with Crippen LogP contribution < -0.4 is 5.43 Å². The lowest BCUT2D eigenvalue weighted by atomic mass is 9.98. The van der Waals surface area contributed by atoms with Crippen LogP contribution in [0, 0.1) is 0 Å². The molecule has 0 N–H and O–H groups in total. The van der Waals surface area contributed by atoms with Gasteiger partial charge in [0, 0.05) is 18.1 Å². The molecule has 1 amide bonds. The Kier molecular flexibility index (Phi) is 6.31. The zero-order chi connectivity index (χ0) is 22.3. The number of hydrogen-bond donors (Lipinski definition) is 0. The summed E-state index contributed by atoms with van der Waals surface area (Å²) in [6.07, 6.45) is 0. The van der Waals surface area contributed by atoms with Crippen molar-refractivity contribution in [1.29, 1.82) is 0 Å². The Morgan fingerprint density at radius 1 is 1.00 bits per heavy atom. The number of carbonyl (C=O) groups is 1. The highest BCUT2D eigenvalue weighted by atomic mass is 35.5. The number of amides is 1. The second-order valence-electron chi connectivity index (χ2n) is 7.42. The summed E-state index contributed by atoms with van der Waals surface area (Å²) in [4.78, 5) is 30.7. The Balaban J connectivity index is 1.90. The highest BCUT2D eigenvalue weighted by Crippen LogP contribution is 2.39. The van der Waals surface area contributed by atoms with Gasteiger partial charge in [-0.15, -0.1) is 0 Å². The van der Waals surface area contributed by atoms with Crippen LogP contribution in [0.3, 0.4) is 0 Å². The van der Waals surface area contributed by atoms with E-state index in [2.05, 4.69) is 18.7 Å². The van der Waals surface area contributed by atoms with Gasteiger partial charge in [-0.25, -0.2) is 0 Å². The van der Waals surface area contributed by atoms with E-state index >= 15 is 0 Å². The van der Waals surface area contributed by atoms with E-state index in [0.29, 0.717) is 50.3 Å². The smallest absolute Gasteiger partial charge is 0.290 e. The number of halogens is 3. The Hall–Kier alpha value is -2.05. The summed E-state index contributed by atoms with van der Waals surface area (Å²) in [5.41, 5.74) is 1.07. The summed E-state index contributed by atoms with van der Waals surface area (Å²) in [6, 6.07) is 9.34. The number of rotatable bonds is 6.